The van der Waals surface area contributed by atoms with Gasteiger partial charge in [-0.05, 0) is 41.6 Å². The number of nitrogens with one attached hydrogen (secondary N) is 1. The summed E-state index contributed by atoms with van der Waals surface area (Å²) < 4.78 is 0.738. The minimum absolute atomic E-state index is 0.189. The molecule has 1 saturated carbocycles. The van der Waals surface area contributed by atoms with E-state index in [0.717, 1.165) is 29.4 Å². The van der Waals surface area contributed by atoms with Crippen LogP contribution in [0.15, 0.2) is 4.47 Å². The first-order valence-electron chi connectivity index (χ1n) is 6.83. The summed E-state index contributed by atoms with van der Waals surface area (Å²) >= 11 is 3.45. The monoisotopic (exact) mass is 341 g/mol. The number of aromatic amines is 1. The predicted molar refractivity (Wildman–Crippen MR) is 74.5 cm³/mol. The normalized spacial score (nSPS) is 22.9. The van der Waals surface area contributed by atoms with Crippen molar-refractivity contribution in [3.8, 4) is 0 Å². The molecule has 0 spiro atoms. The lowest BCUT2D eigenvalue weighted by molar-refractivity contribution is -0.143. The molecule has 0 bridgehead atoms. The molecule has 0 radical (unpaired) electrons. The highest BCUT2D eigenvalue weighted by Crippen LogP contribution is 2.43. The summed E-state index contributed by atoms with van der Waals surface area (Å²) in [6.07, 6.45) is 3.60. The van der Waals surface area contributed by atoms with Crippen molar-refractivity contribution in [2.24, 2.45) is 5.92 Å². The Morgan fingerprint density at radius 2 is 2.10 bits per heavy atom. The van der Waals surface area contributed by atoms with E-state index in [0.29, 0.717) is 24.6 Å². The summed E-state index contributed by atoms with van der Waals surface area (Å²) in [5, 5.41) is 16.1. The molecular formula is C13H16BrN3O3. The Kier molecular flexibility index (Phi) is 3.54. The molecule has 1 aromatic heterocycles. The molecule has 7 heteroatoms. The van der Waals surface area contributed by atoms with Gasteiger partial charge in [0, 0.05) is 19.0 Å². The quantitative estimate of drug-likeness (QED) is 0.880. The first-order chi connectivity index (χ1) is 9.58. The Morgan fingerprint density at radius 1 is 1.35 bits per heavy atom. The highest BCUT2D eigenvalue weighted by atomic mass is 79.9. The number of likely N-dealkylation sites (tertiary alicyclic amines) is 1. The zero-order valence-corrected chi connectivity index (χ0v) is 12.5. The third-order valence-corrected chi connectivity index (χ3v) is 4.78. The van der Waals surface area contributed by atoms with Gasteiger partial charge in [0.25, 0.3) is 5.91 Å². The second kappa shape index (κ2) is 5.20. The van der Waals surface area contributed by atoms with E-state index < -0.39 is 11.9 Å². The van der Waals surface area contributed by atoms with E-state index in [2.05, 4.69) is 26.1 Å². The van der Waals surface area contributed by atoms with Crippen molar-refractivity contribution < 1.29 is 14.7 Å². The fourth-order valence-electron chi connectivity index (χ4n) is 2.64. The van der Waals surface area contributed by atoms with Gasteiger partial charge in [-0.25, -0.2) is 0 Å². The van der Waals surface area contributed by atoms with Crippen LogP contribution in [0.5, 0.6) is 0 Å². The van der Waals surface area contributed by atoms with E-state index in [9.17, 15) is 9.59 Å². The lowest BCUT2D eigenvalue weighted by atomic mass is 9.98. The van der Waals surface area contributed by atoms with Crippen LogP contribution in [0.4, 0.5) is 0 Å². The van der Waals surface area contributed by atoms with Gasteiger partial charge in [0.05, 0.1) is 16.1 Å². The number of nitrogens with zero attached hydrogens (tertiary/aromatic N) is 2. The van der Waals surface area contributed by atoms with Gasteiger partial charge in [-0.1, -0.05) is 0 Å². The van der Waals surface area contributed by atoms with Crippen LogP contribution in [0.2, 0.25) is 0 Å². The molecule has 3 rings (SSSR count). The molecule has 108 valence electrons. The number of hydrogen-bond acceptors (Lipinski definition) is 3. The number of carboxylic acid groups (broad SMARTS) is 1. The van der Waals surface area contributed by atoms with Crippen LogP contribution in [0.3, 0.4) is 0 Å². The lowest BCUT2D eigenvalue weighted by Gasteiger charge is -2.30. The van der Waals surface area contributed by atoms with Gasteiger partial charge in [0.15, 0.2) is 5.69 Å². The third kappa shape index (κ3) is 2.46. The maximum absolute atomic E-state index is 12.5. The number of carbonyl (C=O) groups is 2. The summed E-state index contributed by atoms with van der Waals surface area (Å²) in [6, 6.07) is 0. The molecule has 1 aromatic rings. The number of hydrogen-bond donors (Lipinski definition) is 2. The number of rotatable bonds is 3. The molecule has 0 aromatic carbocycles. The Hall–Kier alpha value is -1.37. The number of H-pyrrole nitrogens is 1. The number of amides is 1. The molecule has 20 heavy (non-hydrogen) atoms. The fourth-order valence-corrected chi connectivity index (χ4v) is 3.31. The van der Waals surface area contributed by atoms with Gasteiger partial charge >= 0.3 is 5.97 Å². The lowest BCUT2D eigenvalue weighted by Crippen LogP contribution is -2.42. The molecule has 0 unspecified atom stereocenters. The molecule has 2 N–H and O–H groups in total. The molecule has 2 aliphatic rings. The van der Waals surface area contributed by atoms with Crippen molar-refractivity contribution in [3.63, 3.8) is 0 Å². The molecule has 2 heterocycles. The number of halogens is 1. The molecule has 1 atom stereocenters. The Labute approximate surface area is 124 Å². The molecule has 1 saturated heterocycles. The van der Waals surface area contributed by atoms with Crippen molar-refractivity contribution in [2.45, 2.75) is 31.6 Å². The number of aliphatic carboxylic acids is 1. The van der Waals surface area contributed by atoms with E-state index in [1.165, 1.54) is 0 Å². The Bertz CT molecular complexity index is 553. The zero-order valence-electron chi connectivity index (χ0n) is 10.9. The summed E-state index contributed by atoms with van der Waals surface area (Å²) in [7, 11) is 0. The molecule has 1 aliphatic carbocycles. The number of piperidine rings is 1. The van der Waals surface area contributed by atoms with Crippen molar-refractivity contribution in [1.82, 2.24) is 15.1 Å². The molecule has 1 aliphatic heterocycles. The van der Waals surface area contributed by atoms with Crippen LogP contribution in [0, 0.1) is 5.92 Å². The number of carboxylic acids is 1. The second-order valence-electron chi connectivity index (χ2n) is 5.50. The van der Waals surface area contributed by atoms with Crippen molar-refractivity contribution in [2.75, 3.05) is 13.1 Å². The van der Waals surface area contributed by atoms with Crippen LogP contribution >= 0.6 is 15.9 Å². The molecule has 6 nitrogen and oxygen atoms in total. The molecule has 2 fully saturated rings. The van der Waals surface area contributed by atoms with Crippen LogP contribution < -0.4 is 0 Å². The number of aromatic nitrogens is 2. The van der Waals surface area contributed by atoms with E-state index in [4.69, 9.17) is 5.11 Å². The van der Waals surface area contributed by atoms with Crippen LogP contribution in [-0.4, -0.2) is 45.2 Å². The number of carbonyl (C=O) groups excluding carboxylic acids is 1. The van der Waals surface area contributed by atoms with Gasteiger partial charge in [-0.15, -0.1) is 0 Å². The molecule has 1 amide bonds. The minimum Gasteiger partial charge on any atom is -0.481 e. The molecular weight excluding hydrogens is 326 g/mol. The largest absolute Gasteiger partial charge is 0.481 e. The smallest absolute Gasteiger partial charge is 0.308 e. The van der Waals surface area contributed by atoms with E-state index in [1.54, 1.807) is 4.90 Å². The van der Waals surface area contributed by atoms with E-state index in [-0.39, 0.29) is 12.5 Å². The first-order valence-corrected chi connectivity index (χ1v) is 7.63. The standard InChI is InChI=1S/C13H16BrN3O3/c14-9-10(7-3-4-7)15-16-11(9)12(18)17-5-1-2-8(6-17)13(19)20/h7-8H,1-6H2,(H,15,16)(H,19,20)/t8-/m0/s1. The summed E-state index contributed by atoms with van der Waals surface area (Å²) in [4.78, 5) is 25.1. The van der Waals surface area contributed by atoms with Crippen LogP contribution in [0.1, 0.15) is 47.8 Å². The average Bonchev–Trinajstić information content (AvgIpc) is 3.21. The zero-order chi connectivity index (χ0) is 14.3. The maximum atomic E-state index is 12.5. The summed E-state index contributed by atoms with van der Waals surface area (Å²) in [5.74, 6) is -1.01. The highest BCUT2D eigenvalue weighted by Gasteiger charge is 2.34. The third-order valence-electron chi connectivity index (χ3n) is 3.98. The van der Waals surface area contributed by atoms with Gasteiger partial charge < -0.3 is 10.0 Å². The van der Waals surface area contributed by atoms with Gasteiger partial charge in [0.2, 0.25) is 0 Å². The van der Waals surface area contributed by atoms with Crippen LogP contribution in [-0.2, 0) is 4.79 Å². The van der Waals surface area contributed by atoms with Crippen molar-refractivity contribution in [3.05, 3.63) is 15.9 Å². The summed E-state index contributed by atoms with van der Waals surface area (Å²) in [5.41, 5.74) is 1.36. The first kappa shape index (κ1) is 13.6. The maximum Gasteiger partial charge on any atom is 0.308 e. The summed E-state index contributed by atoms with van der Waals surface area (Å²) in [6.45, 7) is 0.868. The minimum atomic E-state index is -0.831. The van der Waals surface area contributed by atoms with Crippen molar-refractivity contribution in [1.29, 1.82) is 0 Å². The van der Waals surface area contributed by atoms with E-state index >= 15 is 0 Å². The Balaban J connectivity index is 1.76. The highest BCUT2D eigenvalue weighted by molar-refractivity contribution is 9.10. The Morgan fingerprint density at radius 3 is 2.75 bits per heavy atom. The van der Waals surface area contributed by atoms with Crippen LogP contribution in [0.25, 0.3) is 0 Å². The topological polar surface area (TPSA) is 86.3 Å². The van der Waals surface area contributed by atoms with E-state index in [1.807, 2.05) is 0 Å². The van der Waals surface area contributed by atoms with Gasteiger partial charge in [-0.3, -0.25) is 14.7 Å². The second-order valence-corrected chi connectivity index (χ2v) is 6.30. The SMILES string of the molecule is O=C(O)[C@H]1CCCN(C(=O)c2n[nH]c(C3CC3)c2Br)C1. The average molecular weight is 342 g/mol. The van der Waals surface area contributed by atoms with Gasteiger partial charge in [0.1, 0.15) is 0 Å². The van der Waals surface area contributed by atoms with Crippen molar-refractivity contribution >= 4 is 27.8 Å². The van der Waals surface area contributed by atoms with Gasteiger partial charge in [-0.2, -0.15) is 5.10 Å². The fraction of sp³-hybridized carbons (Fsp3) is 0.615. The predicted octanol–water partition coefficient (Wildman–Crippen LogP) is 1.99.